The normalized spacial score (nSPS) is 45.3. The van der Waals surface area contributed by atoms with Crippen molar-refractivity contribution in [2.24, 2.45) is 11.8 Å². The van der Waals surface area contributed by atoms with E-state index in [0.29, 0.717) is 7.92 Å². The zero-order valence-electron chi connectivity index (χ0n) is 7.01. The average molecular weight is 156 g/mol. The van der Waals surface area contributed by atoms with Crippen molar-refractivity contribution in [3.8, 4) is 0 Å². The highest BCUT2D eigenvalue weighted by Gasteiger charge is 2.40. The minimum atomic E-state index is 0.384. The van der Waals surface area contributed by atoms with Gasteiger partial charge in [0, 0.05) is 0 Å². The third kappa shape index (κ3) is 1.01. The molecule has 0 spiro atoms. The molecule has 0 heterocycles. The summed E-state index contributed by atoms with van der Waals surface area (Å²) in [4.78, 5) is 0. The zero-order valence-corrected chi connectivity index (χ0v) is 7.90. The van der Waals surface area contributed by atoms with E-state index in [0.717, 1.165) is 17.5 Å². The lowest BCUT2D eigenvalue weighted by Crippen LogP contribution is -2.13. The molecule has 58 valence electrons. The fraction of sp³-hybridized carbons (Fsp3) is 1.00. The van der Waals surface area contributed by atoms with E-state index >= 15 is 0 Å². The van der Waals surface area contributed by atoms with Crippen LogP contribution in [-0.4, -0.2) is 19.0 Å². The molecule has 0 aromatic carbocycles. The van der Waals surface area contributed by atoms with Gasteiger partial charge < -0.3 is 0 Å². The molecule has 2 fully saturated rings. The Morgan fingerprint density at radius 3 is 2.20 bits per heavy atom. The molecular weight excluding hydrogens is 139 g/mol. The van der Waals surface area contributed by atoms with Crippen LogP contribution in [0.2, 0.25) is 0 Å². The van der Waals surface area contributed by atoms with E-state index in [1.54, 1.807) is 25.7 Å². The molecule has 2 aliphatic rings. The third-order valence-electron chi connectivity index (χ3n) is 3.36. The van der Waals surface area contributed by atoms with Gasteiger partial charge in [0.15, 0.2) is 0 Å². The summed E-state index contributed by atoms with van der Waals surface area (Å²) in [5.41, 5.74) is 1.16. The van der Waals surface area contributed by atoms with Crippen molar-refractivity contribution in [3.63, 3.8) is 0 Å². The smallest absolute Gasteiger partial charge is 0.0183 e. The van der Waals surface area contributed by atoms with Crippen LogP contribution in [0.15, 0.2) is 0 Å². The minimum absolute atomic E-state index is 0.384. The maximum absolute atomic E-state index is 2.46. The molecule has 0 nitrogen and oxygen atoms in total. The second-order valence-electron chi connectivity index (χ2n) is 4.21. The van der Waals surface area contributed by atoms with E-state index in [1.807, 2.05) is 0 Å². The maximum Gasteiger partial charge on any atom is -0.0183 e. The van der Waals surface area contributed by atoms with Gasteiger partial charge in [-0.1, -0.05) is 6.42 Å². The van der Waals surface area contributed by atoms with Gasteiger partial charge in [-0.25, -0.2) is 0 Å². The van der Waals surface area contributed by atoms with E-state index < -0.39 is 0 Å². The third-order valence-corrected chi connectivity index (χ3v) is 5.32. The highest BCUT2D eigenvalue weighted by Crippen LogP contribution is 2.55. The van der Waals surface area contributed by atoms with Crippen molar-refractivity contribution in [3.05, 3.63) is 0 Å². The first-order valence-electron chi connectivity index (χ1n) is 4.44. The van der Waals surface area contributed by atoms with Crippen LogP contribution in [0.25, 0.3) is 0 Å². The van der Waals surface area contributed by atoms with Gasteiger partial charge in [0.05, 0.1) is 0 Å². The molecule has 0 radical (unpaired) electrons. The van der Waals surface area contributed by atoms with Crippen LogP contribution < -0.4 is 0 Å². The van der Waals surface area contributed by atoms with Crippen LogP contribution >= 0.6 is 7.92 Å². The monoisotopic (exact) mass is 156 g/mol. The van der Waals surface area contributed by atoms with Gasteiger partial charge in [0.25, 0.3) is 0 Å². The van der Waals surface area contributed by atoms with E-state index in [-0.39, 0.29) is 0 Å². The highest BCUT2D eigenvalue weighted by molar-refractivity contribution is 7.56. The number of hydrogen-bond acceptors (Lipinski definition) is 0. The van der Waals surface area contributed by atoms with E-state index in [2.05, 4.69) is 13.3 Å². The topological polar surface area (TPSA) is 0 Å². The Morgan fingerprint density at radius 2 is 1.90 bits per heavy atom. The first-order valence-corrected chi connectivity index (χ1v) is 6.74. The lowest BCUT2D eigenvalue weighted by atomic mass is 10.0. The van der Waals surface area contributed by atoms with Crippen molar-refractivity contribution in [1.82, 2.24) is 0 Å². The molecule has 2 rings (SSSR count). The van der Waals surface area contributed by atoms with Crippen LogP contribution in [0.3, 0.4) is 0 Å². The highest BCUT2D eigenvalue weighted by atomic mass is 31.1. The van der Waals surface area contributed by atoms with Gasteiger partial charge in [0.1, 0.15) is 0 Å². The van der Waals surface area contributed by atoms with Crippen LogP contribution in [0.1, 0.15) is 25.7 Å². The van der Waals surface area contributed by atoms with Crippen LogP contribution in [-0.2, 0) is 0 Å². The quantitative estimate of drug-likeness (QED) is 0.512. The van der Waals surface area contributed by atoms with Crippen molar-refractivity contribution in [1.29, 1.82) is 0 Å². The van der Waals surface area contributed by atoms with Gasteiger partial charge in [-0.2, -0.15) is 0 Å². The SMILES string of the molecule is CP(C)C1CC2CCC1C2. The molecule has 2 bridgehead atoms. The average Bonchev–Trinajstić information content (AvgIpc) is 2.44. The molecule has 0 amide bonds. The van der Waals surface area contributed by atoms with Crippen LogP contribution in [0.4, 0.5) is 0 Å². The van der Waals surface area contributed by atoms with Crippen LogP contribution in [0, 0.1) is 11.8 Å². The summed E-state index contributed by atoms with van der Waals surface area (Å²) in [6, 6.07) is 0. The molecule has 0 aromatic heterocycles. The van der Waals surface area contributed by atoms with Crippen molar-refractivity contribution in [2.75, 3.05) is 13.3 Å². The predicted octanol–water partition coefficient (Wildman–Crippen LogP) is 2.92. The Labute approximate surface area is 65.1 Å². The Hall–Kier alpha value is 0.430. The van der Waals surface area contributed by atoms with Crippen LogP contribution in [0.5, 0.6) is 0 Å². The second-order valence-corrected chi connectivity index (χ2v) is 6.80. The number of fused-ring (bicyclic) bond motifs is 2. The molecule has 3 atom stereocenters. The second kappa shape index (κ2) is 2.48. The van der Waals surface area contributed by atoms with E-state index in [4.69, 9.17) is 0 Å². The molecule has 2 saturated carbocycles. The summed E-state index contributed by atoms with van der Waals surface area (Å²) >= 11 is 0. The predicted molar refractivity (Wildman–Crippen MR) is 48.0 cm³/mol. The summed E-state index contributed by atoms with van der Waals surface area (Å²) in [6.45, 7) is 4.92. The fourth-order valence-electron chi connectivity index (χ4n) is 2.84. The molecule has 0 aromatic rings. The van der Waals surface area contributed by atoms with E-state index in [9.17, 15) is 0 Å². The minimum Gasteiger partial charge on any atom is -0.110 e. The summed E-state index contributed by atoms with van der Waals surface area (Å²) < 4.78 is 0. The molecule has 10 heavy (non-hydrogen) atoms. The Morgan fingerprint density at radius 1 is 1.10 bits per heavy atom. The van der Waals surface area contributed by atoms with Crippen molar-refractivity contribution in [2.45, 2.75) is 31.3 Å². The van der Waals surface area contributed by atoms with E-state index in [1.165, 1.54) is 0 Å². The Balaban J connectivity index is 2.02. The lowest BCUT2D eigenvalue weighted by Gasteiger charge is -2.25. The number of rotatable bonds is 1. The first-order chi connectivity index (χ1) is 4.77. The summed E-state index contributed by atoms with van der Waals surface area (Å²) in [7, 11) is 0.384. The van der Waals surface area contributed by atoms with Crippen molar-refractivity contribution < 1.29 is 0 Å². The van der Waals surface area contributed by atoms with Crippen molar-refractivity contribution >= 4 is 7.92 Å². The van der Waals surface area contributed by atoms with Gasteiger partial charge in [0.2, 0.25) is 0 Å². The molecule has 3 unspecified atom stereocenters. The van der Waals surface area contributed by atoms with Gasteiger partial charge in [-0.15, -0.1) is 7.92 Å². The molecule has 1 heteroatoms. The summed E-state index contributed by atoms with van der Waals surface area (Å²) in [5.74, 6) is 2.31. The maximum atomic E-state index is 2.46. The Kier molecular flexibility index (Phi) is 1.76. The first kappa shape index (κ1) is 7.10. The van der Waals surface area contributed by atoms with Gasteiger partial charge >= 0.3 is 0 Å². The summed E-state index contributed by atoms with van der Waals surface area (Å²) in [6.07, 6.45) is 6.30. The van der Waals surface area contributed by atoms with Gasteiger partial charge in [-0.05, 0) is 50.1 Å². The molecular formula is C9H17P. The fourth-order valence-corrected chi connectivity index (χ4v) is 4.68. The molecule has 2 aliphatic carbocycles. The largest absolute Gasteiger partial charge is 0.110 e. The summed E-state index contributed by atoms with van der Waals surface area (Å²) in [5, 5.41) is 0. The molecule has 0 saturated heterocycles. The Bertz CT molecular complexity index is 131. The standard InChI is InChI=1S/C9H17P/c1-10(2)9-6-7-3-4-8(9)5-7/h7-9H,3-6H2,1-2H3. The number of hydrogen-bond donors (Lipinski definition) is 0. The molecule has 0 aliphatic heterocycles. The zero-order chi connectivity index (χ0) is 7.14. The lowest BCUT2D eigenvalue weighted by molar-refractivity contribution is 0.488. The van der Waals surface area contributed by atoms with Gasteiger partial charge in [-0.3, -0.25) is 0 Å². The molecule has 0 N–H and O–H groups in total.